The Morgan fingerprint density at radius 3 is 2.67 bits per heavy atom. The molecular formula is C14H24N2OS. The second kappa shape index (κ2) is 6.13. The molecule has 2 rings (SSSR count). The molecule has 2 unspecified atom stereocenters. The fourth-order valence-corrected chi connectivity index (χ4v) is 4.05. The normalized spacial score (nSPS) is 25.6. The van der Waals surface area contributed by atoms with Gasteiger partial charge in [-0.3, -0.25) is 4.90 Å². The first-order valence-corrected chi connectivity index (χ1v) is 7.63. The number of hydrogen-bond acceptors (Lipinski definition) is 4. The quantitative estimate of drug-likeness (QED) is 0.909. The van der Waals surface area contributed by atoms with Gasteiger partial charge in [0.05, 0.1) is 6.54 Å². The highest BCUT2D eigenvalue weighted by Crippen LogP contribution is 2.26. The summed E-state index contributed by atoms with van der Waals surface area (Å²) < 4.78 is 5.76. The second-order valence-electron chi connectivity index (χ2n) is 5.28. The fraction of sp³-hybridized carbons (Fsp3) is 0.714. The van der Waals surface area contributed by atoms with Gasteiger partial charge in [0.1, 0.15) is 11.5 Å². The highest BCUT2D eigenvalue weighted by atomic mass is 32.2. The summed E-state index contributed by atoms with van der Waals surface area (Å²) in [5.74, 6) is 2.11. The zero-order chi connectivity index (χ0) is 13.1. The predicted octanol–water partition coefficient (Wildman–Crippen LogP) is 2.63. The first kappa shape index (κ1) is 14.0. The molecule has 0 amide bonds. The number of thioether (sulfide) groups is 1. The summed E-state index contributed by atoms with van der Waals surface area (Å²) >= 11 is 2.10. The monoisotopic (exact) mass is 268 g/mol. The molecule has 102 valence electrons. The van der Waals surface area contributed by atoms with Crippen LogP contribution in [0.25, 0.3) is 0 Å². The molecule has 1 N–H and O–H groups in total. The van der Waals surface area contributed by atoms with Crippen LogP contribution in [0.3, 0.4) is 0 Å². The molecule has 0 bridgehead atoms. The average molecular weight is 268 g/mol. The van der Waals surface area contributed by atoms with Crippen LogP contribution in [0.2, 0.25) is 0 Å². The maximum absolute atomic E-state index is 5.76. The lowest BCUT2D eigenvalue weighted by atomic mass is 10.2. The van der Waals surface area contributed by atoms with Gasteiger partial charge in [-0.05, 0) is 20.0 Å². The smallest absolute Gasteiger partial charge is 0.118 e. The van der Waals surface area contributed by atoms with Crippen LogP contribution in [0.15, 0.2) is 10.5 Å². The minimum Gasteiger partial charge on any atom is -0.465 e. The van der Waals surface area contributed by atoms with E-state index in [0.29, 0.717) is 0 Å². The van der Waals surface area contributed by atoms with Gasteiger partial charge < -0.3 is 9.73 Å². The highest BCUT2D eigenvalue weighted by Gasteiger charge is 2.23. The summed E-state index contributed by atoms with van der Waals surface area (Å²) in [4.78, 5) is 2.55. The first-order valence-electron chi connectivity index (χ1n) is 6.69. The third-order valence-corrected chi connectivity index (χ3v) is 4.54. The topological polar surface area (TPSA) is 28.4 Å². The van der Waals surface area contributed by atoms with E-state index < -0.39 is 0 Å². The van der Waals surface area contributed by atoms with E-state index in [1.807, 2.05) is 7.05 Å². The molecule has 0 saturated carbocycles. The molecule has 0 radical (unpaired) electrons. The van der Waals surface area contributed by atoms with E-state index in [1.165, 1.54) is 18.7 Å². The van der Waals surface area contributed by atoms with E-state index in [-0.39, 0.29) is 0 Å². The number of nitrogens with zero attached hydrogens (tertiary/aromatic N) is 1. The van der Waals surface area contributed by atoms with Crippen molar-refractivity contribution in [2.24, 2.45) is 0 Å². The largest absolute Gasteiger partial charge is 0.465 e. The Labute approximate surface area is 114 Å². The SMILES string of the molecule is CNCc1cc(CN2CC(C)SC(C)C2)c(C)o1. The van der Waals surface area contributed by atoms with E-state index in [4.69, 9.17) is 4.42 Å². The summed E-state index contributed by atoms with van der Waals surface area (Å²) in [5.41, 5.74) is 1.34. The van der Waals surface area contributed by atoms with Crippen molar-refractivity contribution in [3.05, 3.63) is 23.2 Å². The van der Waals surface area contributed by atoms with Gasteiger partial charge in [0.15, 0.2) is 0 Å². The molecule has 4 heteroatoms. The maximum Gasteiger partial charge on any atom is 0.118 e. The third kappa shape index (κ3) is 3.53. The molecule has 1 aromatic heterocycles. The molecule has 2 atom stereocenters. The van der Waals surface area contributed by atoms with E-state index in [9.17, 15) is 0 Å². The van der Waals surface area contributed by atoms with Crippen molar-refractivity contribution in [2.45, 2.75) is 44.4 Å². The molecule has 18 heavy (non-hydrogen) atoms. The number of hydrogen-bond donors (Lipinski definition) is 1. The van der Waals surface area contributed by atoms with E-state index in [1.54, 1.807) is 0 Å². The predicted molar refractivity (Wildman–Crippen MR) is 78.0 cm³/mol. The van der Waals surface area contributed by atoms with Crippen molar-refractivity contribution in [2.75, 3.05) is 20.1 Å². The van der Waals surface area contributed by atoms with Gasteiger partial charge in [-0.25, -0.2) is 0 Å². The minimum absolute atomic E-state index is 0.734. The van der Waals surface area contributed by atoms with Crippen molar-refractivity contribution in [3.63, 3.8) is 0 Å². The zero-order valence-electron chi connectivity index (χ0n) is 11.8. The van der Waals surface area contributed by atoms with E-state index in [2.05, 4.69) is 48.8 Å². The van der Waals surface area contributed by atoms with Crippen molar-refractivity contribution < 1.29 is 4.42 Å². The van der Waals surface area contributed by atoms with Crippen LogP contribution >= 0.6 is 11.8 Å². The van der Waals surface area contributed by atoms with Crippen LogP contribution in [0.5, 0.6) is 0 Å². The lowest BCUT2D eigenvalue weighted by Crippen LogP contribution is -2.39. The van der Waals surface area contributed by atoms with Gasteiger partial charge in [-0.1, -0.05) is 13.8 Å². The summed E-state index contributed by atoms with van der Waals surface area (Å²) in [7, 11) is 1.95. The summed E-state index contributed by atoms with van der Waals surface area (Å²) in [6.45, 7) is 10.9. The van der Waals surface area contributed by atoms with Crippen LogP contribution in [-0.4, -0.2) is 35.5 Å². The molecule has 0 aromatic carbocycles. The van der Waals surface area contributed by atoms with Crippen LogP contribution in [0.4, 0.5) is 0 Å². The lowest BCUT2D eigenvalue weighted by Gasteiger charge is -2.34. The molecule has 2 heterocycles. The van der Waals surface area contributed by atoms with Crippen molar-refractivity contribution in [1.29, 1.82) is 0 Å². The standard InChI is InChI=1S/C14H24N2OS/c1-10-7-16(8-11(2)18-10)9-13-5-14(6-15-4)17-12(13)3/h5,10-11,15H,6-9H2,1-4H3. The third-order valence-electron chi connectivity index (χ3n) is 3.31. The summed E-state index contributed by atoms with van der Waals surface area (Å²) in [5, 5.41) is 4.60. The Bertz CT molecular complexity index is 381. The van der Waals surface area contributed by atoms with Gasteiger partial charge in [0, 0.05) is 35.7 Å². The number of aryl methyl sites for hydroxylation is 1. The molecule has 1 fully saturated rings. The van der Waals surface area contributed by atoms with Crippen LogP contribution in [0.1, 0.15) is 30.9 Å². The summed E-state index contributed by atoms with van der Waals surface area (Å²) in [6, 6.07) is 2.20. The van der Waals surface area contributed by atoms with Crippen molar-refractivity contribution in [3.8, 4) is 0 Å². The van der Waals surface area contributed by atoms with Crippen LogP contribution in [-0.2, 0) is 13.1 Å². The van der Waals surface area contributed by atoms with Crippen molar-refractivity contribution in [1.82, 2.24) is 10.2 Å². The average Bonchev–Trinajstić information content (AvgIpc) is 2.58. The van der Waals surface area contributed by atoms with Crippen LogP contribution in [0, 0.1) is 6.92 Å². The Morgan fingerprint density at radius 1 is 1.39 bits per heavy atom. The molecule has 1 saturated heterocycles. The second-order valence-corrected chi connectivity index (χ2v) is 7.16. The van der Waals surface area contributed by atoms with Crippen LogP contribution < -0.4 is 5.32 Å². The van der Waals surface area contributed by atoms with Gasteiger partial charge in [0.25, 0.3) is 0 Å². The lowest BCUT2D eigenvalue weighted by molar-refractivity contribution is 0.261. The molecule has 0 aliphatic carbocycles. The summed E-state index contributed by atoms with van der Waals surface area (Å²) in [6.07, 6.45) is 0. The van der Waals surface area contributed by atoms with Gasteiger partial charge >= 0.3 is 0 Å². The van der Waals surface area contributed by atoms with Gasteiger partial charge in [-0.2, -0.15) is 11.8 Å². The number of nitrogens with one attached hydrogen (secondary N) is 1. The molecule has 3 nitrogen and oxygen atoms in total. The molecule has 1 aromatic rings. The van der Waals surface area contributed by atoms with E-state index in [0.717, 1.165) is 35.1 Å². The molecule has 1 aliphatic rings. The number of furan rings is 1. The fourth-order valence-electron chi connectivity index (χ4n) is 2.66. The Hall–Kier alpha value is -0.450. The minimum atomic E-state index is 0.734. The highest BCUT2D eigenvalue weighted by molar-refractivity contribution is 8.00. The number of rotatable bonds is 4. The van der Waals surface area contributed by atoms with Gasteiger partial charge in [0.2, 0.25) is 0 Å². The van der Waals surface area contributed by atoms with E-state index >= 15 is 0 Å². The Morgan fingerprint density at radius 2 is 2.06 bits per heavy atom. The molecular weight excluding hydrogens is 244 g/mol. The zero-order valence-corrected chi connectivity index (χ0v) is 12.6. The Balaban J connectivity index is 1.99. The first-order chi connectivity index (χ1) is 8.58. The maximum atomic E-state index is 5.76. The molecule has 0 spiro atoms. The van der Waals surface area contributed by atoms with Gasteiger partial charge in [-0.15, -0.1) is 0 Å². The molecule has 1 aliphatic heterocycles. The Kier molecular flexibility index (Phi) is 4.76. The van der Waals surface area contributed by atoms with Crippen molar-refractivity contribution >= 4 is 11.8 Å².